The highest BCUT2D eigenvalue weighted by Gasteiger charge is 2.24. The van der Waals surface area contributed by atoms with Crippen LogP contribution < -0.4 is 5.32 Å². The van der Waals surface area contributed by atoms with Gasteiger partial charge >= 0.3 is 0 Å². The van der Waals surface area contributed by atoms with Crippen molar-refractivity contribution in [2.45, 2.75) is 77.3 Å². The molecular weight excluding hydrogens is 220 g/mol. The van der Waals surface area contributed by atoms with E-state index in [1.807, 2.05) is 0 Å². The van der Waals surface area contributed by atoms with Gasteiger partial charge in [-0.15, -0.1) is 0 Å². The lowest BCUT2D eigenvalue weighted by Crippen LogP contribution is -2.46. The summed E-state index contributed by atoms with van der Waals surface area (Å²) in [6, 6.07) is 1.60. The molecule has 1 saturated carbocycles. The van der Waals surface area contributed by atoms with E-state index in [0.717, 1.165) is 18.0 Å². The van der Waals surface area contributed by atoms with Crippen LogP contribution in [0.25, 0.3) is 0 Å². The molecule has 2 rings (SSSR count). The summed E-state index contributed by atoms with van der Waals surface area (Å²) in [5, 5.41) is 3.80. The average molecular weight is 252 g/mol. The maximum absolute atomic E-state index is 3.80. The summed E-state index contributed by atoms with van der Waals surface area (Å²) in [6.07, 6.45) is 11.4. The maximum Gasteiger partial charge on any atom is 0.0110 e. The summed E-state index contributed by atoms with van der Waals surface area (Å²) in [7, 11) is 0. The van der Waals surface area contributed by atoms with Crippen LogP contribution >= 0.6 is 0 Å². The second kappa shape index (κ2) is 7.49. The van der Waals surface area contributed by atoms with E-state index >= 15 is 0 Å². The molecule has 1 aliphatic carbocycles. The molecule has 2 heteroatoms. The molecule has 1 aliphatic heterocycles. The minimum atomic E-state index is 0.787. The molecule has 1 N–H and O–H groups in total. The van der Waals surface area contributed by atoms with Gasteiger partial charge in [0.1, 0.15) is 0 Å². The zero-order valence-electron chi connectivity index (χ0n) is 12.5. The Labute approximate surface area is 114 Å². The van der Waals surface area contributed by atoms with Crippen LogP contribution in [0.15, 0.2) is 0 Å². The number of nitrogens with zero attached hydrogens (tertiary/aromatic N) is 1. The van der Waals surface area contributed by atoms with E-state index in [4.69, 9.17) is 0 Å². The normalized spacial score (nSPS) is 32.3. The van der Waals surface area contributed by atoms with Crippen LogP contribution in [0.3, 0.4) is 0 Å². The molecule has 2 aliphatic rings. The fourth-order valence-corrected chi connectivity index (χ4v) is 3.63. The van der Waals surface area contributed by atoms with E-state index in [1.165, 1.54) is 71.0 Å². The van der Waals surface area contributed by atoms with Crippen molar-refractivity contribution in [2.75, 3.05) is 19.6 Å². The quantitative estimate of drug-likeness (QED) is 0.771. The van der Waals surface area contributed by atoms with Crippen molar-refractivity contribution >= 4 is 0 Å². The summed E-state index contributed by atoms with van der Waals surface area (Å²) < 4.78 is 0. The van der Waals surface area contributed by atoms with Gasteiger partial charge in [0.2, 0.25) is 0 Å². The third-order valence-electron chi connectivity index (χ3n) is 5.19. The largest absolute Gasteiger partial charge is 0.313 e. The molecule has 0 amide bonds. The lowest BCUT2D eigenvalue weighted by atomic mass is 9.92. The number of hydrogen-bond acceptors (Lipinski definition) is 2. The van der Waals surface area contributed by atoms with Crippen LogP contribution in [0.2, 0.25) is 0 Å². The second-order valence-corrected chi connectivity index (χ2v) is 6.54. The van der Waals surface area contributed by atoms with Gasteiger partial charge in [0.25, 0.3) is 0 Å². The van der Waals surface area contributed by atoms with E-state index in [-0.39, 0.29) is 0 Å². The fraction of sp³-hybridized carbons (Fsp3) is 1.00. The standard InChI is InChI=1S/C16H32N2/c1-14-8-7-12-18(15(14)2)13-11-17-16-9-5-3-4-6-10-16/h14-17H,3-13H2,1-2H3. The molecule has 2 nitrogen and oxygen atoms in total. The molecular formula is C16H32N2. The van der Waals surface area contributed by atoms with E-state index in [2.05, 4.69) is 24.1 Å². The third kappa shape index (κ3) is 4.24. The first-order chi connectivity index (χ1) is 8.77. The van der Waals surface area contributed by atoms with Crippen molar-refractivity contribution in [1.82, 2.24) is 10.2 Å². The smallest absolute Gasteiger partial charge is 0.0110 e. The Bertz CT molecular complexity index is 221. The second-order valence-electron chi connectivity index (χ2n) is 6.54. The number of rotatable bonds is 4. The molecule has 0 bridgehead atoms. The lowest BCUT2D eigenvalue weighted by Gasteiger charge is -2.38. The van der Waals surface area contributed by atoms with Crippen molar-refractivity contribution in [3.05, 3.63) is 0 Å². The summed E-state index contributed by atoms with van der Waals surface area (Å²) in [5.74, 6) is 0.886. The highest BCUT2D eigenvalue weighted by Crippen LogP contribution is 2.22. The molecule has 1 heterocycles. The van der Waals surface area contributed by atoms with Crippen molar-refractivity contribution in [3.8, 4) is 0 Å². The molecule has 0 radical (unpaired) electrons. The minimum absolute atomic E-state index is 0.787. The molecule has 2 fully saturated rings. The number of hydrogen-bond donors (Lipinski definition) is 1. The first-order valence-corrected chi connectivity index (χ1v) is 8.25. The molecule has 0 aromatic carbocycles. The Balaban J connectivity index is 1.64. The Morgan fingerprint density at radius 1 is 0.944 bits per heavy atom. The predicted molar refractivity (Wildman–Crippen MR) is 78.9 cm³/mol. The van der Waals surface area contributed by atoms with Gasteiger partial charge in [-0.3, -0.25) is 4.90 Å². The summed E-state index contributed by atoms with van der Waals surface area (Å²) >= 11 is 0. The first-order valence-electron chi connectivity index (χ1n) is 8.25. The Morgan fingerprint density at radius 3 is 2.39 bits per heavy atom. The van der Waals surface area contributed by atoms with Crippen LogP contribution in [0.1, 0.15) is 65.2 Å². The Kier molecular flexibility index (Phi) is 5.97. The Morgan fingerprint density at radius 2 is 1.67 bits per heavy atom. The van der Waals surface area contributed by atoms with Crippen molar-refractivity contribution in [3.63, 3.8) is 0 Å². The molecule has 106 valence electrons. The lowest BCUT2D eigenvalue weighted by molar-refractivity contribution is 0.113. The molecule has 1 saturated heterocycles. The van der Waals surface area contributed by atoms with Crippen molar-refractivity contribution in [2.24, 2.45) is 5.92 Å². The van der Waals surface area contributed by atoms with Crippen LogP contribution in [-0.4, -0.2) is 36.6 Å². The van der Waals surface area contributed by atoms with Crippen LogP contribution in [0.5, 0.6) is 0 Å². The van der Waals surface area contributed by atoms with Crippen LogP contribution in [0.4, 0.5) is 0 Å². The van der Waals surface area contributed by atoms with Crippen LogP contribution in [0, 0.1) is 5.92 Å². The number of piperidine rings is 1. The molecule has 2 unspecified atom stereocenters. The predicted octanol–water partition coefficient (Wildman–Crippen LogP) is 3.42. The highest BCUT2D eigenvalue weighted by atomic mass is 15.2. The van der Waals surface area contributed by atoms with Gasteiger partial charge < -0.3 is 5.32 Å². The van der Waals surface area contributed by atoms with E-state index in [9.17, 15) is 0 Å². The summed E-state index contributed by atoms with van der Waals surface area (Å²) in [5.41, 5.74) is 0. The SMILES string of the molecule is CC1CCCN(CCNC2CCCCCC2)C1C. The molecule has 18 heavy (non-hydrogen) atoms. The van der Waals surface area contributed by atoms with Crippen LogP contribution in [-0.2, 0) is 0 Å². The van der Waals surface area contributed by atoms with Gasteiger partial charge in [0.05, 0.1) is 0 Å². The fourth-order valence-electron chi connectivity index (χ4n) is 3.63. The van der Waals surface area contributed by atoms with Gasteiger partial charge in [-0.2, -0.15) is 0 Å². The van der Waals surface area contributed by atoms with Gasteiger partial charge in [-0.1, -0.05) is 32.6 Å². The summed E-state index contributed by atoms with van der Waals surface area (Å²) in [6.45, 7) is 8.59. The number of likely N-dealkylation sites (tertiary alicyclic amines) is 1. The van der Waals surface area contributed by atoms with Crippen molar-refractivity contribution in [1.29, 1.82) is 0 Å². The Hall–Kier alpha value is -0.0800. The van der Waals surface area contributed by atoms with E-state index in [0.29, 0.717) is 0 Å². The molecule has 0 aromatic heterocycles. The van der Waals surface area contributed by atoms with Gasteiger partial charge in [-0.25, -0.2) is 0 Å². The first kappa shape index (κ1) is 14.3. The zero-order valence-corrected chi connectivity index (χ0v) is 12.5. The van der Waals surface area contributed by atoms with E-state index < -0.39 is 0 Å². The van der Waals surface area contributed by atoms with Gasteiger partial charge in [-0.05, 0) is 45.1 Å². The molecule has 2 atom stereocenters. The average Bonchev–Trinajstić information content (AvgIpc) is 2.63. The van der Waals surface area contributed by atoms with Crippen molar-refractivity contribution < 1.29 is 0 Å². The monoisotopic (exact) mass is 252 g/mol. The summed E-state index contributed by atoms with van der Waals surface area (Å²) in [4.78, 5) is 2.69. The maximum atomic E-state index is 3.80. The van der Waals surface area contributed by atoms with Gasteiger partial charge in [0.15, 0.2) is 0 Å². The topological polar surface area (TPSA) is 15.3 Å². The molecule has 0 spiro atoms. The van der Waals surface area contributed by atoms with E-state index in [1.54, 1.807) is 0 Å². The third-order valence-corrected chi connectivity index (χ3v) is 5.19. The minimum Gasteiger partial charge on any atom is -0.313 e. The highest BCUT2D eigenvalue weighted by molar-refractivity contribution is 4.79. The zero-order chi connectivity index (χ0) is 12.8. The molecule has 0 aromatic rings. The number of nitrogens with one attached hydrogen (secondary N) is 1. The van der Waals surface area contributed by atoms with Gasteiger partial charge in [0, 0.05) is 25.2 Å².